The fraction of sp³-hybridized carbons (Fsp3) is 0.700. The first-order valence-electron chi connectivity index (χ1n) is 4.65. The second-order valence-corrected chi connectivity index (χ2v) is 4.69. The molecule has 0 heterocycles. The van der Waals surface area contributed by atoms with Crippen LogP contribution in [0.3, 0.4) is 0 Å². The van der Waals surface area contributed by atoms with Crippen molar-refractivity contribution in [2.24, 2.45) is 5.41 Å². The van der Waals surface area contributed by atoms with E-state index in [1.807, 2.05) is 20.8 Å². The van der Waals surface area contributed by atoms with Crippen molar-refractivity contribution in [3.63, 3.8) is 0 Å². The Kier molecular flexibility index (Phi) is 2.73. The van der Waals surface area contributed by atoms with Crippen LogP contribution in [-0.2, 0) is 4.79 Å². The molecular formula is C10H15NO3. The molecule has 0 aromatic rings. The number of hydrogen-bond donors (Lipinski definition) is 0. The SMILES string of the molecule is CC1=C(C[N+](=O)[O-])C(=O)CC(C)(C)C1. The van der Waals surface area contributed by atoms with Gasteiger partial charge in [-0.25, -0.2) is 0 Å². The Morgan fingerprint density at radius 2 is 2.00 bits per heavy atom. The van der Waals surface area contributed by atoms with Crippen LogP contribution < -0.4 is 0 Å². The molecule has 14 heavy (non-hydrogen) atoms. The number of ketones is 1. The quantitative estimate of drug-likeness (QED) is 0.502. The van der Waals surface area contributed by atoms with Crippen molar-refractivity contribution in [2.75, 3.05) is 6.54 Å². The highest BCUT2D eigenvalue weighted by atomic mass is 16.6. The first-order valence-corrected chi connectivity index (χ1v) is 4.65. The number of Topliss-reactive ketones (excluding diaryl/α,β-unsaturated/α-hetero) is 1. The maximum Gasteiger partial charge on any atom is 0.232 e. The molecule has 4 heteroatoms. The van der Waals surface area contributed by atoms with Gasteiger partial charge < -0.3 is 0 Å². The molecule has 0 saturated heterocycles. The Bertz CT molecular complexity index is 315. The summed E-state index contributed by atoms with van der Waals surface area (Å²) < 4.78 is 0. The van der Waals surface area contributed by atoms with Gasteiger partial charge in [-0.1, -0.05) is 19.4 Å². The number of rotatable bonds is 2. The average Bonchev–Trinajstić information content (AvgIpc) is 1.94. The molecule has 0 radical (unpaired) electrons. The molecule has 0 saturated carbocycles. The van der Waals surface area contributed by atoms with Gasteiger partial charge in [0.2, 0.25) is 6.54 Å². The van der Waals surface area contributed by atoms with E-state index < -0.39 is 4.92 Å². The first kappa shape index (κ1) is 10.9. The van der Waals surface area contributed by atoms with Crippen molar-refractivity contribution < 1.29 is 9.72 Å². The zero-order valence-electron chi connectivity index (χ0n) is 8.79. The molecule has 0 spiro atoms. The van der Waals surface area contributed by atoms with Gasteiger partial charge in [0.25, 0.3) is 0 Å². The highest BCUT2D eigenvalue weighted by molar-refractivity contribution is 5.97. The van der Waals surface area contributed by atoms with E-state index >= 15 is 0 Å². The van der Waals surface area contributed by atoms with Crippen LogP contribution in [0.4, 0.5) is 0 Å². The number of nitrogens with zero attached hydrogens (tertiary/aromatic N) is 1. The summed E-state index contributed by atoms with van der Waals surface area (Å²) in [6.07, 6.45) is 1.20. The summed E-state index contributed by atoms with van der Waals surface area (Å²) in [6, 6.07) is 0. The second-order valence-electron chi connectivity index (χ2n) is 4.69. The van der Waals surface area contributed by atoms with Crippen molar-refractivity contribution in [2.45, 2.75) is 33.6 Å². The number of allylic oxidation sites excluding steroid dienone is 1. The molecule has 0 unspecified atom stereocenters. The van der Waals surface area contributed by atoms with Crippen molar-refractivity contribution in [1.82, 2.24) is 0 Å². The van der Waals surface area contributed by atoms with Crippen LogP contribution in [0.15, 0.2) is 11.1 Å². The normalized spacial score (nSPS) is 21.2. The van der Waals surface area contributed by atoms with Gasteiger partial charge in [-0.15, -0.1) is 0 Å². The molecule has 1 rings (SSSR count). The van der Waals surface area contributed by atoms with E-state index in [0.29, 0.717) is 12.0 Å². The van der Waals surface area contributed by atoms with Gasteiger partial charge >= 0.3 is 0 Å². The Hall–Kier alpha value is -1.19. The zero-order chi connectivity index (χ0) is 10.9. The van der Waals surface area contributed by atoms with Crippen molar-refractivity contribution in [1.29, 1.82) is 0 Å². The van der Waals surface area contributed by atoms with Crippen LogP contribution in [0.1, 0.15) is 33.6 Å². The van der Waals surface area contributed by atoms with E-state index in [9.17, 15) is 14.9 Å². The fourth-order valence-corrected chi connectivity index (χ4v) is 2.02. The van der Waals surface area contributed by atoms with Gasteiger partial charge in [0.05, 0.1) is 5.57 Å². The van der Waals surface area contributed by atoms with E-state index in [-0.39, 0.29) is 17.7 Å². The van der Waals surface area contributed by atoms with E-state index in [0.717, 1.165) is 12.0 Å². The molecule has 1 aliphatic carbocycles. The molecule has 1 aliphatic rings. The van der Waals surface area contributed by atoms with Gasteiger partial charge in [0.15, 0.2) is 5.78 Å². The second kappa shape index (κ2) is 3.52. The molecule has 0 amide bonds. The maximum absolute atomic E-state index is 11.6. The molecular weight excluding hydrogens is 182 g/mol. The van der Waals surface area contributed by atoms with Crippen LogP contribution in [0.2, 0.25) is 0 Å². The number of carbonyl (C=O) groups is 1. The number of carbonyl (C=O) groups excluding carboxylic acids is 1. The predicted molar refractivity (Wildman–Crippen MR) is 52.6 cm³/mol. The summed E-state index contributed by atoms with van der Waals surface area (Å²) in [6.45, 7) is 5.52. The van der Waals surface area contributed by atoms with E-state index in [1.165, 1.54) is 0 Å². The van der Waals surface area contributed by atoms with Crippen molar-refractivity contribution >= 4 is 5.78 Å². The third-order valence-electron chi connectivity index (χ3n) is 2.52. The van der Waals surface area contributed by atoms with E-state index in [2.05, 4.69) is 0 Å². The molecule has 0 aromatic heterocycles. The Morgan fingerprint density at radius 3 is 2.43 bits per heavy atom. The molecule has 0 atom stereocenters. The summed E-state index contributed by atoms with van der Waals surface area (Å²) in [7, 11) is 0. The Balaban J connectivity index is 2.93. The lowest BCUT2D eigenvalue weighted by molar-refractivity contribution is -0.470. The summed E-state index contributed by atoms with van der Waals surface area (Å²) >= 11 is 0. The summed E-state index contributed by atoms with van der Waals surface area (Å²) in [5.74, 6) is -0.0598. The van der Waals surface area contributed by atoms with Crippen LogP contribution in [0, 0.1) is 15.5 Å². The monoisotopic (exact) mass is 197 g/mol. The van der Waals surface area contributed by atoms with Crippen LogP contribution >= 0.6 is 0 Å². The Morgan fingerprint density at radius 1 is 1.43 bits per heavy atom. The number of nitro groups is 1. The Labute approximate surface area is 83.1 Å². The molecule has 0 aliphatic heterocycles. The lowest BCUT2D eigenvalue weighted by atomic mass is 9.74. The zero-order valence-corrected chi connectivity index (χ0v) is 8.79. The predicted octanol–water partition coefficient (Wildman–Crippen LogP) is 1.97. The minimum absolute atomic E-state index is 0.0404. The third-order valence-corrected chi connectivity index (χ3v) is 2.52. The van der Waals surface area contributed by atoms with Gasteiger partial charge in [-0.2, -0.15) is 0 Å². The largest absolute Gasteiger partial charge is 0.294 e. The third kappa shape index (κ3) is 2.40. The van der Waals surface area contributed by atoms with Gasteiger partial charge in [-0.3, -0.25) is 14.9 Å². The smallest absolute Gasteiger partial charge is 0.232 e. The molecule has 0 aromatic carbocycles. The van der Waals surface area contributed by atoms with E-state index in [1.54, 1.807) is 0 Å². The molecule has 78 valence electrons. The molecule has 0 fully saturated rings. The minimum Gasteiger partial charge on any atom is -0.294 e. The lowest BCUT2D eigenvalue weighted by Crippen LogP contribution is -2.28. The standard InChI is InChI=1S/C10H15NO3/c1-7-4-10(2,3)5-9(12)8(7)6-11(13)14/h4-6H2,1-3H3. The van der Waals surface area contributed by atoms with Gasteiger partial charge in [0, 0.05) is 11.3 Å². The lowest BCUT2D eigenvalue weighted by Gasteiger charge is -2.29. The van der Waals surface area contributed by atoms with Gasteiger partial charge in [-0.05, 0) is 18.8 Å². The molecule has 4 nitrogen and oxygen atoms in total. The first-order chi connectivity index (χ1) is 6.32. The van der Waals surface area contributed by atoms with Gasteiger partial charge in [0.1, 0.15) is 0 Å². The maximum atomic E-state index is 11.6. The van der Waals surface area contributed by atoms with Crippen LogP contribution in [0.25, 0.3) is 0 Å². The fourth-order valence-electron chi connectivity index (χ4n) is 2.02. The minimum atomic E-state index is -0.435. The van der Waals surface area contributed by atoms with E-state index in [4.69, 9.17) is 0 Å². The molecule has 0 N–H and O–H groups in total. The highest BCUT2D eigenvalue weighted by Gasteiger charge is 2.32. The number of hydrogen-bond acceptors (Lipinski definition) is 3. The summed E-state index contributed by atoms with van der Waals surface area (Å²) in [4.78, 5) is 21.5. The molecule has 0 bridgehead atoms. The average molecular weight is 197 g/mol. The van der Waals surface area contributed by atoms with Crippen molar-refractivity contribution in [3.05, 3.63) is 21.3 Å². The van der Waals surface area contributed by atoms with Crippen LogP contribution in [0.5, 0.6) is 0 Å². The summed E-state index contributed by atoms with van der Waals surface area (Å²) in [5.41, 5.74) is 1.25. The van der Waals surface area contributed by atoms with Crippen LogP contribution in [-0.4, -0.2) is 17.3 Å². The summed E-state index contributed by atoms with van der Waals surface area (Å²) in [5, 5.41) is 10.3. The highest BCUT2D eigenvalue weighted by Crippen LogP contribution is 2.36. The van der Waals surface area contributed by atoms with Crippen molar-refractivity contribution in [3.8, 4) is 0 Å². The topological polar surface area (TPSA) is 60.2 Å².